The zero-order valence-electron chi connectivity index (χ0n) is 13.0. The maximum absolute atomic E-state index is 13.7. The van der Waals surface area contributed by atoms with Crippen LogP contribution in [-0.2, 0) is 6.54 Å². The molecule has 2 rings (SSSR count). The Balaban J connectivity index is 2.37. The van der Waals surface area contributed by atoms with Crippen molar-refractivity contribution in [3.8, 4) is 0 Å². The topological polar surface area (TPSA) is 23.5 Å². The summed E-state index contributed by atoms with van der Waals surface area (Å²) in [5, 5.41) is 9.90. The number of aliphatic hydroxyl groups excluding tert-OH is 1. The summed E-state index contributed by atoms with van der Waals surface area (Å²) in [6.07, 6.45) is -0.700. The molecular weight excluding hydrogens is 265 g/mol. The van der Waals surface area contributed by atoms with Crippen LogP contribution in [0.25, 0.3) is 0 Å². The highest BCUT2D eigenvalue weighted by atomic mass is 19.1. The van der Waals surface area contributed by atoms with E-state index in [2.05, 4.69) is 24.0 Å². The Kier molecular flexibility index (Phi) is 4.63. The lowest BCUT2D eigenvalue weighted by atomic mass is 10.0. The number of halogens is 1. The molecule has 0 amide bonds. The van der Waals surface area contributed by atoms with Gasteiger partial charge >= 0.3 is 0 Å². The van der Waals surface area contributed by atoms with Gasteiger partial charge in [0.1, 0.15) is 5.82 Å². The minimum absolute atomic E-state index is 0.279. The monoisotopic (exact) mass is 287 g/mol. The summed E-state index contributed by atoms with van der Waals surface area (Å²) >= 11 is 0. The number of benzene rings is 2. The van der Waals surface area contributed by atoms with Crippen LogP contribution in [-0.4, -0.2) is 12.2 Å². The van der Waals surface area contributed by atoms with Crippen molar-refractivity contribution < 1.29 is 9.50 Å². The Bertz CT molecular complexity index is 637. The van der Waals surface area contributed by atoms with Gasteiger partial charge in [0, 0.05) is 24.8 Å². The SMILES string of the molecule is Cc1cc(N(C)Cc2ccccc2C)c([C@@H](C)O)cc1F. The van der Waals surface area contributed by atoms with Crippen molar-refractivity contribution >= 4 is 5.69 Å². The van der Waals surface area contributed by atoms with Gasteiger partial charge in [-0.2, -0.15) is 0 Å². The number of anilines is 1. The highest BCUT2D eigenvalue weighted by Crippen LogP contribution is 2.29. The summed E-state index contributed by atoms with van der Waals surface area (Å²) in [5.41, 5.74) is 4.52. The first-order valence-corrected chi connectivity index (χ1v) is 7.14. The molecular formula is C18H22FNO. The minimum atomic E-state index is -0.700. The van der Waals surface area contributed by atoms with E-state index in [0.29, 0.717) is 11.1 Å². The predicted octanol–water partition coefficient (Wildman–Crippen LogP) is 4.13. The fourth-order valence-corrected chi connectivity index (χ4v) is 2.48. The van der Waals surface area contributed by atoms with Gasteiger partial charge in [0.2, 0.25) is 0 Å². The van der Waals surface area contributed by atoms with E-state index in [1.165, 1.54) is 17.2 Å². The number of hydrogen-bond acceptors (Lipinski definition) is 2. The average Bonchev–Trinajstić information content (AvgIpc) is 2.43. The van der Waals surface area contributed by atoms with Gasteiger partial charge < -0.3 is 10.0 Å². The van der Waals surface area contributed by atoms with E-state index in [1.54, 1.807) is 19.9 Å². The van der Waals surface area contributed by atoms with Crippen LogP contribution in [0.15, 0.2) is 36.4 Å². The van der Waals surface area contributed by atoms with Gasteiger partial charge in [0.05, 0.1) is 6.10 Å². The van der Waals surface area contributed by atoms with Crippen LogP contribution in [0.3, 0.4) is 0 Å². The van der Waals surface area contributed by atoms with Crippen LogP contribution in [0.2, 0.25) is 0 Å². The van der Waals surface area contributed by atoms with Gasteiger partial charge in [0.25, 0.3) is 0 Å². The van der Waals surface area contributed by atoms with Crippen LogP contribution < -0.4 is 4.90 Å². The molecule has 1 atom stereocenters. The van der Waals surface area contributed by atoms with Crippen LogP contribution in [0.1, 0.15) is 35.3 Å². The van der Waals surface area contributed by atoms with Crippen molar-refractivity contribution in [3.63, 3.8) is 0 Å². The van der Waals surface area contributed by atoms with E-state index in [0.717, 1.165) is 12.2 Å². The molecule has 0 saturated heterocycles. The summed E-state index contributed by atoms with van der Waals surface area (Å²) in [4.78, 5) is 2.05. The van der Waals surface area contributed by atoms with Crippen molar-refractivity contribution in [3.05, 3.63) is 64.5 Å². The first kappa shape index (κ1) is 15.5. The molecule has 0 aromatic heterocycles. The maximum Gasteiger partial charge on any atom is 0.126 e. The van der Waals surface area contributed by atoms with Crippen LogP contribution in [0.4, 0.5) is 10.1 Å². The number of hydrogen-bond donors (Lipinski definition) is 1. The largest absolute Gasteiger partial charge is 0.389 e. The smallest absolute Gasteiger partial charge is 0.126 e. The zero-order chi connectivity index (χ0) is 15.6. The van der Waals surface area contributed by atoms with Crippen molar-refractivity contribution in [2.24, 2.45) is 0 Å². The second kappa shape index (κ2) is 6.27. The molecule has 0 spiro atoms. The lowest BCUT2D eigenvalue weighted by Gasteiger charge is -2.25. The molecule has 3 heteroatoms. The number of aryl methyl sites for hydroxylation is 2. The molecule has 112 valence electrons. The second-order valence-electron chi connectivity index (χ2n) is 5.62. The Hall–Kier alpha value is -1.87. The molecule has 2 aromatic rings. The molecule has 0 fully saturated rings. The Morgan fingerprint density at radius 3 is 2.43 bits per heavy atom. The van der Waals surface area contributed by atoms with E-state index in [9.17, 15) is 9.50 Å². The molecule has 0 aliphatic carbocycles. The zero-order valence-corrected chi connectivity index (χ0v) is 13.0. The van der Waals surface area contributed by atoms with Crippen molar-refractivity contribution in [1.82, 2.24) is 0 Å². The molecule has 1 N–H and O–H groups in total. The van der Waals surface area contributed by atoms with Gasteiger partial charge in [-0.25, -0.2) is 4.39 Å². The molecule has 2 aromatic carbocycles. The van der Waals surface area contributed by atoms with Crippen LogP contribution in [0.5, 0.6) is 0 Å². The van der Waals surface area contributed by atoms with E-state index in [4.69, 9.17) is 0 Å². The first-order valence-electron chi connectivity index (χ1n) is 7.14. The summed E-state index contributed by atoms with van der Waals surface area (Å²) in [5.74, 6) is -0.279. The molecule has 0 aliphatic rings. The van der Waals surface area contributed by atoms with Crippen molar-refractivity contribution in [2.45, 2.75) is 33.4 Å². The van der Waals surface area contributed by atoms with Gasteiger partial charge in [-0.1, -0.05) is 24.3 Å². The lowest BCUT2D eigenvalue weighted by Crippen LogP contribution is -2.19. The average molecular weight is 287 g/mol. The summed E-state index contributed by atoms with van der Waals surface area (Å²) in [6.45, 7) is 6.20. The van der Waals surface area contributed by atoms with E-state index < -0.39 is 6.10 Å². The Morgan fingerprint density at radius 2 is 1.81 bits per heavy atom. The van der Waals surface area contributed by atoms with Crippen LogP contribution >= 0.6 is 0 Å². The third kappa shape index (κ3) is 3.42. The fraction of sp³-hybridized carbons (Fsp3) is 0.333. The second-order valence-corrected chi connectivity index (χ2v) is 5.62. The van der Waals surface area contributed by atoms with Gasteiger partial charge in [0.15, 0.2) is 0 Å². The normalized spacial score (nSPS) is 12.3. The number of aliphatic hydroxyl groups is 1. The molecule has 0 radical (unpaired) electrons. The fourth-order valence-electron chi connectivity index (χ4n) is 2.48. The number of rotatable bonds is 4. The van der Waals surface area contributed by atoms with Gasteiger partial charge in [-0.05, 0) is 49.6 Å². The highest BCUT2D eigenvalue weighted by Gasteiger charge is 2.15. The molecule has 2 nitrogen and oxygen atoms in total. The van der Waals surface area contributed by atoms with Crippen molar-refractivity contribution in [2.75, 3.05) is 11.9 Å². The third-order valence-electron chi connectivity index (χ3n) is 3.84. The van der Waals surface area contributed by atoms with E-state index in [-0.39, 0.29) is 5.82 Å². The highest BCUT2D eigenvalue weighted by molar-refractivity contribution is 5.56. The number of nitrogens with zero attached hydrogens (tertiary/aromatic N) is 1. The molecule has 21 heavy (non-hydrogen) atoms. The maximum atomic E-state index is 13.7. The van der Waals surface area contributed by atoms with Gasteiger partial charge in [-0.15, -0.1) is 0 Å². The third-order valence-corrected chi connectivity index (χ3v) is 3.84. The predicted molar refractivity (Wildman–Crippen MR) is 85.1 cm³/mol. The molecule has 0 heterocycles. The molecule has 0 saturated carbocycles. The summed E-state index contributed by atoms with van der Waals surface area (Å²) in [7, 11) is 1.96. The summed E-state index contributed by atoms with van der Waals surface area (Å²) in [6, 6.07) is 11.4. The van der Waals surface area contributed by atoms with E-state index >= 15 is 0 Å². The molecule has 0 aliphatic heterocycles. The van der Waals surface area contributed by atoms with E-state index in [1.807, 2.05) is 19.2 Å². The Labute approximate surface area is 125 Å². The van der Waals surface area contributed by atoms with Crippen LogP contribution in [0, 0.1) is 19.7 Å². The minimum Gasteiger partial charge on any atom is -0.389 e. The quantitative estimate of drug-likeness (QED) is 0.914. The Morgan fingerprint density at radius 1 is 1.14 bits per heavy atom. The first-order chi connectivity index (χ1) is 9.90. The van der Waals surface area contributed by atoms with Crippen molar-refractivity contribution in [1.29, 1.82) is 0 Å². The molecule has 0 bridgehead atoms. The standard InChI is InChI=1S/C18H22FNO/c1-12-7-5-6-8-15(12)11-20(4)18-9-13(2)17(19)10-16(18)14(3)21/h5-10,14,21H,11H2,1-4H3/t14-/m1/s1. The molecule has 0 unspecified atom stereocenters. The summed E-state index contributed by atoms with van der Waals surface area (Å²) < 4.78 is 13.7. The lowest BCUT2D eigenvalue weighted by molar-refractivity contribution is 0.199. The van der Waals surface area contributed by atoms with Gasteiger partial charge in [-0.3, -0.25) is 0 Å².